The minimum atomic E-state index is 0.755. The Bertz CT molecular complexity index is 501. The number of guanidine groups is 1. The van der Waals surface area contributed by atoms with E-state index in [0.29, 0.717) is 0 Å². The molecule has 1 heterocycles. The largest absolute Gasteiger partial charge is 0.385 e. The highest BCUT2D eigenvalue weighted by molar-refractivity contribution is 6.30. The zero-order valence-corrected chi connectivity index (χ0v) is 14.9. The van der Waals surface area contributed by atoms with Crippen molar-refractivity contribution in [2.45, 2.75) is 13.3 Å². The van der Waals surface area contributed by atoms with Gasteiger partial charge in [-0.15, -0.1) is 0 Å². The van der Waals surface area contributed by atoms with Crippen molar-refractivity contribution in [3.05, 3.63) is 29.3 Å². The van der Waals surface area contributed by atoms with Crippen LogP contribution in [0.1, 0.15) is 13.3 Å². The molecule has 128 valence electrons. The van der Waals surface area contributed by atoms with Gasteiger partial charge in [0, 0.05) is 63.7 Å². The van der Waals surface area contributed by atoms with Gasteiger partial charge in [-0.1, -0.05) is 17.7 Å². The molecule has 0 spiro atoms. The molecule has 0 amide bonds. The average molecular weight is 339 g/mol. The van der Waals surface area contributed by atoms with Gasteiger partial charge in [0.05, 0.1) is 0 Å². The van der Waals surface area contributed by atoms with Crippen LogP contribution >= 0.6 is 11.6 Å². The molecule has 1 fully saturated rings. The highest BCUT2D eigenvalue weighted by Crippen LogP contribution is 2.20. The van der Waals surface area contributed by atoms with Gasteiger partial charge in [-0.25, -0.2) is 0 Å². The van der Waals surface area contributed by atoms with Crippen molar-refractivity contribution in [3.8, 4) is 0 Å². The maximum atomic E-state index is 6.09. The molecule has 23 heavy (non-hydrogen) atoms. The summed E-state index contributed by atoms with van der Waals surface area (Å²) in [6.07, 6.45) is 0.952. The van der Waals surface area contributed by atoms with E-state index in [1.165, 1.54) is 5.69 Å². The third-order valence-corrected chi connectivity index (χ3v) is 4.09. The van der Waals surface area contributed by atoms with E-state index >= 15 is 0 Å². The van der Waals surface area contributed by atoms with E-state index in [4.69, 9.17) is 21.3 Å². The second kappa shape index (κ2) is 9.63. The Balaban J connectivity index is 1.90. The maximum absolute atomic E-state index is 6.09. The minimum Gasteiger partial charge on any atom is -0.385 e. The first kappa shape index (κ1) is 17.9. The zero-order valence-electron chi connectivity index (χ0n) is 14.1. The first-order valence-electron chi connectivity index (χ1n) is 8.27. The summed E-state index contributed by atoms with van der Waals surface area (Å²) in [5.74, 6) is 1.01. The van der Waals surface area contributed by atoms with Crippen LogP contribution in [0.3, 0.4) is 0 Å². The molecule has 1 aromatic carbocycles. The second-order valence-electron chi connectivity index (χ2n) is 5.54. The normalized spacial score (nSPS) is 15.9. The molecule has 0 saturated carbocycles. The van der Waals surface area contributed by atoms with Crippen molar-refractivity contribution in [2.75, 3.05) is 57.9 Å². The van der Waals surface area contributed by atoms with Gasteiger partial charge in [0.2, 0.25) is 0 Å². The summed E-state index contributed by atoms with van der Waals surface area (Å²) in [4.78, 5) is 9.40. The molecule has 0 aromatic heterocycles. The fraction of sp³-hybridized carbons (Fsp3) is 0.588. The van der Waals surface area contributed by atoms with Crippen molar-refractivity contribution in [1.82, 2.24) is 10.2 Å². The van der Waals surface area contributed by atoms with E-state index in [1.54, 1.807) is 7.11 Å². The van der Waals surface area contributed by atoms with E-state index in [2.05, 4.69) is 28.1 Å². The Labute approximate surface area is 144 Å². The lowest BCUT2D eigenvalue weighted by Gasteiger charge is -2.37. The van der Waals surface area contributed by atoms with Gasteiger partial charge in [0.1, 0.15) is 0 Å². The summed E-state index contributed by atoms with van der Waals surface area (Å²) in [6.45, 7) is 8.41. The Morgan fingerprint density at radius 3 is 2.74 bits per heavy atom. The summed E-state index contributed by atoms with van der Waals surface area (Å²) in [6, 6.07) is 8.06. The van der Waals surface area contributed by atoms with Crippen LogP contribution in [-0.2, 0) is 4.74 Å². The third kappa shape index (κ3) is 5.59. The number of anilines is 1. The number of methoxy groups -OCH3 is 1. The average Bonchev–Trinajstić information content (AvgIpc) is 2.58. The number of benzene rings is 1. The van der Waals surface area contributed by atoms with E-state index < -0.39 is 0 Å². The van der Waals surface area contributed by atoms with Crippen LogP contribution in [0.2, 0.25) is 5.02 Å². The number of hydrogen-bond acceptors (Lipinski definition) is 3. The van der Waals surface area contributed by atoms with Gasteiger partial charge in [-0.05, 0) is 31.5 Å². The molecule has 1 N–H and O–H groups in total. The van der Waals surface area contributed by atoms with Crippen LogP contribution in [0.4, 0.5) is 5.69 Å². The molecule has 0 bridgehead atoms. The van der Waals surface area contributed by atoms with Gasteiger partial charge in [-0.2, -0.15) is 0 Å². The topological polar surface area (TPSA) is 40.1 Å². The molecule has 5 nitrogen and oxygen atoms in total. The monoisotopic (exact) mass is 338 g/mol. The van der Waals surface area contributed by atoms with Gasteiger partial charge >= 0.3 is 0 Å². The molecule has 1 aromatic rings. The summed E-state index contributed by atoms with van der Waals surface area (Å²) in [7, 11) is 1.73. The van der Waals surface area contributed by atoms with Crippen molar-refractivity contribution in [3.63, 3.8) is 0 Å². The maximum Gasteiger partial charge on any atom is 0.194 e. The second-order valence-corrected chi connectivity index (χ2v) is 5.97. The number of aliphatic imine (C=N–C) groups is 1. The zero-order chi connectivity index (χ0) is 16.5. The van der Waals surface area contributed by atoms with Crippen molar-refractivity contribution in [2.24, 2.45) is 4.99 Å². The summed E-state index contributed by atoms with van der Waals surface area (Å²) < 4.78 is 5.08. The summed E-state index contributed by atoms with van der Waals surface area (Å²) in [5.41, 5.74) is 1.19. The Kier molecular flexibility index (Phi) is 7.49. The number of rotatable bonds is 6. The molecule has 1 aliphatic rings. The smallest absolute Gasteiger partial charge is 0.194 e. The third-order valence-electron chi connectivity index (χ3n) is 3.86. The Hall–Kier alpha value is -1.46. The molecular weight excluding hydrogens is 312 g/mol. The highest BCUT2D eigenvalue weighted by Gasteiger charge is 2.19. The Morgan fingerprint density at radius 1 is 1.30 bits per heavy atom. The van der Waals surface area contributed by atoms with Gasteiger partial charge in [0.25, 0.3) is 0 Å². The molecule has 0 unspecified atom stereocenters. The fourth-order valence-corrected chi connectivity index (χ4v) is 2.85. The molecule has 0 aliphatic carbocycles. The van der Waals surface area contributed by atoms with E-state index in [-0.39, 0.29) is 0 Å². The number of hydrogen-bond donors (Lipinski definition) is 1. The number of piperazine rings is 1. The number of ether oxygens (including phenoxy) is 1. The lowest BCUT2D eigenvalue weighted by Crippen LogP contribution is -2.52. The van der Waals surface area contributed by atoms with Crippen LogP contribution in [0.25, 0.3) is 0 Å². The molecular formula is C17H27ClN4O. The van der Waals surface area contributed by atoms with Crippen molar-refractivity contribution in [1.29, 1.82) is 0 Å². The van der Waals surface area contributed by atoms with Crippen LogP contribution in [-0.4, -0.2) is 63.8 Å². The van der Waals surface area contributed by atoms with Crippen LogP contribution in [0.15, 0.2) is 29.3 Å². The van der Waals surface area contributed by atoms with Gasteiger partial charge < -0.3 is 19.9 Å². The minimum absolute atomic E-state index is 0.755. The fourth-order valence-electron chi connectivity index (χ4n) is 2.67. The van der Waals surface area contributed by atoms with Crippen molar-refractivity contribution >= 4 is 23.2 Å². The van der Waals surface area contributed by atoms with Gasteiger partial charge in [0.15, 0.2) is 5.96 Å². The molecule has 1 aliphatic heterocycles. The van der Waals surface area contributed by atoms with Crippen LogP contribution < -0.4 is 10.2 Å². The predicted octanol–water partition coefficient (Wildman–Crippen LogP) is 2.46. The van der Waals surface area contributed by atoms with Gasteiger partial charge in [-0.3, -0.25) is 4.99 Å². The molecule has 2 rings (SSSR count). The van der Waals surface area contributed by atoms with E-state index in [0.717, 1.165) is 63.3 Å². The van der Waals surface area contributed by atoms with Crippen LogP contribution in [0.5, 0.6) is 0 Å². The SMILES string of the molecule is CCNC(=NCCCOC)N1CCN(c2cccc(Cl)c2)CC1. The van der Waals surface area contributed by atoms with Crippen LogP contribution in [0, 0.1) is 0 Å². The highest BCUT2D eigenvalue weighted by atomic mass is 35.5. The summed E-state index contributed by atoms with van der Waals surface area (Å²) >= 11 is 6.09. The lowest BCUT2D eigenvalue weighted by molar-refractivity contribution is 0.197. The van der Waals surface area contributed by atoms with Crippen molar-refractivity contribution < 1.29 is 4.74 Å². The lowest BCUT2D eigenvalue weighted by atomic mass is 10.2. The molecule has 0 atom stereocenters. The van der Waals surface area contributed by atoms with E-state index in [9.17, 15) is 0 Å². The first-order chi connectivity index (χ1) is 11.2. The number of halogens is 1. The standard InChI is InChI=1S/C17H27ClN4O/c1-3-19-17(20-8-5-13-23-2)22-11-9-21(10-12-22)16-7-4-6-15(18)14-16/h4,6-7,14H,3,5,8-13H2,1-2H3,(H,19,20). The Morgan fingerprint density at radius 2 is 2.09 bits per heavy atom. The predicted molar refractivity (Wildman–Crippen MR) is 97.7 cm³/mol. The quantitative estimate of drug-likeness (QED) is 0.491. The molecule has 0 radical (unpaired) electrons. The summed E-state index contributed by atoms with van der Waals surface area (Å²) in [5, 5.41) is 4.18. The molecule has 1 saturated heterocycles. The molecule has 6 heteroatoms. The van der Waals surface area contributed by atoms with E-state index in [1.807, 2.05) is 18.2 Å². The number of nitrogens with zero attached hydrogens (tertiary/aromatic N) is 3. The first-order valence-corrected chi connectivity index (χ1v) is 8.65. The number of nitrogens with one attached hydrogen (secondary N) is 1.